The predicted octanol–water partition coefficient (Wildman–Crippen LogP) is 3.37. The second kappa shape index (κ2) is 3.59. The fraction of sp³-hybridized carbons (Fsp3) is 0.385. The number of hydrogen-bond donors (Lipinski definition) is 1. The van der Waals surface area contributed by atoms with Crippen LogP contribution in [0.5, 0.6) is 0 Å². The van der Waals surface area contributed by atoms with E-state index in [9.17, 15) is 4.39 Å². The summed E-state index contributed by atoms with van der Waals surface area (Å²) in [6.07, 6.45) is 3.54. The van der Waals surface area contributed by atoms with Crippen molar-refractivity contribution in [2.24, 2.45) is 11.7 Å². The summed E-state index contributed by atoms with van der Waals surface area (Å²) in [6.45, 7) is 0. The molecule has 1 aliphatic carbocycles. The lowest BCUT2D eigenvalue weighted by molar-refractivity contribution is 0.463. The molecule has 1 aliphatic rings. The third-order valence-corrected chi connectivity index (χ3v) is 3.15. The Balaban J connectivity index is 1.91. The van der Waals surface area contributed by atoms with Crippen molar-refractivity contribution in [1.82, 2.24) is 0 Å². The lowest BCUT2D eigenvalue weighted by Crippen LogP contribution is -2.09. The van der Waals surface area contributed by atoms with Gasteiger partial charge in [-0.2, -0.15) is 0 Å². The van der Waals surface area contributed by atoms with Crippen LogP contribution in [0.15, 0.2) is 28.7 Å². The average Bonchev–Trinajstić information content (AvgIpc) is 2.95. The fourth-order valence-electron chi connectivity index (χ4n) is 2.05. The summed E-state index contributed by atoms with van der Waals surface area (Å²) in [7, 11) is 0. The van der Waals surface area contributed by atoms with E-state index in [1.807, 2.05) is 6.07 Å². The normalized spacial score (nSPS) is 17.9. The maximum Gasteiger partial charge on any atom is 0.134 e. The minimum absolute atomic E-state index is 0.0528. The second-order valence-electron chi connectivity index (χ2n) is 4.62. The summed E-state index contributed by atoms with van der Waals surface area (Å²) in [5.74, 6) is 1.29. The van der Waals surface area contributed by atoms with Gasteiger partial charge in [0.1, 0.15) is 17.2 Å². The average molecular weight is 219 g/mol. The first-order valence-electron chi connectivity index (χ1n) is 5.67. The van der Waals surface area contributed by atoms with Crippen LogP contribution in [0.25, 0.3) is 11.0 Å². The molecule has 1 saturated carbocycles. The highest BCUT2D eigenvalue weighted by atomic mass is 19.1. The molecule has 1 fully saturated rings. The molecule has 0 radical (unpaired) electrons. The van der Waals surface area contributed by atoms with Gasteiger partial charge in [-0.25, -0.2) is 4.39 Å². The minimum atomic E-state index is -0.240. The third-order valence-electron chi connectivity index (χ3n) is 3.15. The van der Waals surface area contributed by atoms with Crippen molar-refractivity contribution in [3.8, 4) is 0 Å². The van der Waals surface area contributed by atoms with E-state index >= 15 is 0 Å². The number of benzene rings is 1. The van der Waals surface area contributed by atoms with Gasteiger partial charge >= 0.3 is 0 Å². The Hall–Kier alpha value is -1.35. The number of halogens is 1. The lowest BCUT2D eigenvalue weighted by Gasteiger charge is -2.06. The molecule has 2 nitrogen and oxygen atoms in total. The Morgan fingerprint density at radius 1 is 1.38 bits per heavy atom. The van der Waals surface area contributed by atoms with Crippen LogP contribution in [0, 0.1) is 11.7 Å². The molecule has 1 aromatic heterocycles. The second-order valence-corrected chi connectivity index (χ2v) is 4.62. The summed E-state index contributed by atoms with van der Waals surface area (Å²) >= 11 is 0. The van der Waals surface area contributed by atoms with E-state index in [1.54, 1.807) is 6.07 Å². The first kappa shape index (κ1) is 9.85. The van der Waals surface area contributed by atoms with Crippen LogP contribution < -0.4 is 5.73 Å². The Morgan fingerprint density at radius 3 is 2.94 bits per heavy atom. The number of rotatable bonds is 3. The first-order valence-corrected chi connectivity index (χ1v) is 5.67. The van der Waals surface area contributed by atoms with Gasteiger partial charge in [-0.15, -0.1) is 0 Å². The van der Waals surface area contributed by atoms with Gasteiger partial charge in [0.25, 0.3) is 0 Å². The lowest BCUT2D eigenvalue weighted by atomic mass is 10.1. The largest absolute Gasteiger partial charge is 0.459 e. The Kier molecular flexibility index (Phi) is 2.21. The van der Waals surface area contributed by atoms with E-state index < -0.39 is 0 Å². The van der Waals surface area contributed by atoms with Crippen LogP contribution in [0.2, 0.25) is 0 Å². The van der Waals surface area contributed by atoms with Crippen molar-refractivity contribution in [3.63, 3.8) is 0 Å². The van der Waals surface area contributed by atoms with Crippen molar-refractivity contribution >= 4 is 11.0 Å². The molecule has 0 saturated heterocycles. The molecule has 2 N–H and O–H groups in total. The van der Waals surface area contributed by atoms with Crippen LogP contribution in [0.1, 0.15) is 31.1 Å². The maximum absolute atomic E-state index is 13.0. The van der Waals surface area contributed by atoms with E-state index in [0.717, 1.165) is 23.5 Å². The van der Waals surface area contributed by atoms with Crippen LogP contribution in [0.4, 0.5) is 4.39 Å². The smallest absolute Gasteiger partial charge is 0.134 e. The van der Waals surface area contributed by atoms with Gasteiger partial charge in [-0.05, 0) is 36.6 Å². The molecule has 0 bridgehead atoms. The molecule has 1 atom stereocenters. The first-order chi connectivity index (χ1) is 7.72. The van der Waals surface area contributed by atoms with Crippen LogP contribution in [0.3, 0.4) is 0 Å². The highest BCUT2D eigenvalue weighted by molar-refractivity contribution is 5.77. The number of hydrogen-bond acceptors (Lipinski definition) is 2. The van der Waals surface area contributed by atoms with Gasteiger partial charge in [0, 0.05) is 5.39 Å². The van der Waals surface area contributed by atoms with Gasteiger partial charge in [0.05, 0.1) is 6.04 Å². The van der Waals surface area contributed by atoms with E-state index in [-0.39, 0.29) is 11.9 Å². The molecular formula is C13H14FNO. The predicted molar refractivity (Wildman–Crippen MR) is 60.4 cm³/mol. The third kappa shape index (κ3) is 1.83. The van der Waals surface area contributed by atoms with Crippen LogP contribution >= 0.6 is 0 Å². The van der Waals surface area contributed by atoms with E-state index in [0.29, 0.717) is 5.58 Å². The number of nitrogens with two attached hydrogens (primary N) is 1. The Morgan fingerprint density at radius 2 is 2.19 bits per heavy atom. The Bertz CT molecular complexity index is 516. The zero-order chi connectivity index (χ0) is 11.1. The maximum atomic E-state index is 13.0. The monoisotopic (exact) mass is 219 g/mol. The van der Waals surface area contributed by atoms with Gasteiger partial charge in [0.15, 0.2) is 0 Å². The van der Waals surface area contributed by atoms with Crippen LogP contribution in [-0.2, 0) is 0 Å². The quantitative estimate of drug-likeness (QED) is 0.859. The molecule has 0 aliphatic heterocycles. The molecule has 16 heavy (non-hydrogen) atoms. The van der Waals surface area contributed by atoms with Gasteiger partial charge in [0.2, 0.25) is 0 Å². The SMILES string of the molecule is NC(CC1CC1)c1cc2cc(F)ccc2o1. The molecule has 1 unspecified atom stereocenters. The highest BCUT2D eigenvalue weighted by Gasteiger charge is 2.25. The van der Waals surface area contributed by atoms with Gasteiger partial charge in [-0.3, -0.25) is 0 Å². The van der Waals surface area contributed by atoms with Crippen LogP contribution in [-0.4, -0.2) is 0 Å². The van der Waals surface area contributed by atoms with E-state index in [1.165, 1.54) is 25.0 Å². The summed E-state index contributed by atoms with van der Waals surface area (Å²) in [4.78, 5) is 0. The number of fused-ring (bicyclic) bond motifs is 1. The zero-order valence-corrected chi connectivity index (χ0v) is 8.95. The molecule has 3 rings (SSSR count). The number of furan rings is 1. The van der Waals surface area contributed by atoms with Gasteiger partial charge in [-0.1, -0.05) is 12.8 Å². The van der Waals surface area contributed by atoms with Crippen molar-refractivity contribution in [3.05, 3.63) is 35.8 Å². The fourth-order valence-corrected chi connectivity index (χ4v) is 2.05. The van der Waals surface area contributed by atoms with Gasteiger partial charge < -0.3 is 10.2 Å². The molecule has 1 heterocycles. The van der Waals surface area contributed by atoms with Crippen molar-refractivity contribution in [2.45, 2.75) is 25.3 Å². The molecule has 3 heteroatoms. The molecule has 0 amide bonds. The molecule has 84 valence electrons. The standard InChI is InChI=1S/C13H14FNO/c14-10-3-4-12-9(6-10)7-13(16-12)11(15)5-8-1-2-8/h3-4,6-8,11H,1-2,5,15H2. The Labute approximate surface area is 93.2 Å². The van der Waals surface area contributed by atoms with Crippen molar-refractivity contribution in [2.75, 3.05) is 0 Å². The van der Waals surface area contributed by atoms with E-state index in [2.05, 4.69) is 0 Å². The summed E-state index contributed by atoms with van der Waals surface area (Å²) in [5, 5.41) is 0.793. The van der Waals surface area contributed by atoms with Crippen molar-refractivity contribution in [1.29, 1.82) is 0 Å². The van der Waals surface area contributed by atoms with Crippen molar-refractivity contribution < 1.29 is 8.81 Å². The summed E-state index contributed by atoms with van der Waals surface area (Å²) in [5.41, 5.74) is 6.76. The highest BCUT2D eigenvalue weighted by Crippen LogP contribution is 2.37. The summed E-state index contributed by atoms with van der Waals surface area (Å²) in [6, 6.07) is 6.33. The van der Waals surface area contributed by atoms with E-state index in [4.69, 9.17) is 10.2 Å². The molecular weight excluding hydrogens is 205 g/mol. The molecule has 2 aromatic rings. The zero-order valence-electron chi connectivity index (χ0n) is 8.95. The summed E-state index contributed by atoms with van der Waals surface area (Å²) < 4.78 is 18.6. The minimum Gasteiger partial charge on any atom is -0.459 e. The molecule has 0 spiro atoms. The molecule has 1 aromatic carbocycles. The topological polar surface area (TPSA) is 39.2 Å².